The molecule has 0 aliphatic heterocycles. The van der Waals surface area contributed by atoms with Crippen molar-refractivity contribution >= 4 is 5.95 Å². The van der Waals surface area contributed by atoms with Gasteiger partial charge < -0.3 is 14.8 Å². The minimum absolute atomic E-state index is 0.307. The lowest BCUT2D eigenvalue weighted by Crippen LogP contribution is -2.02. The summed E-state index contributed by atoms with van der Waals surface area (Å²) >= 11 is 0. The summed E-state index contributed by atoms with van der Waals surface area (Å²) in [5.74, 6) is 1.66. The molecule has 0 atom stereocenters. The van der Waals surface area contributed by atoms with E-state index in [4.69, 9.17) is 9.47 Å². The molecule has 7 nitrogen and oxygen atoms in total. The number of rotatable bonds is 8. The largest absolute Gasteiger partial charge is 0.490 e. The number of aromatic amines is 1. The van der Waals surface area contributed by atoms with Crippen LogP contribution in [-0.4, -0.2) is 33.8 Å². The summed E-state index contributed by atoms with van der Waals surface area (Å²) < 4.78 is 11.2. The Morgan fingerprint density at radius 3 is 3.00 bits per heavy atom. The van der Waals surface area contributed by atoms with Crippen LogP contribution in [0, 0.1) is 0 Å². The molecule has 1 aromatic carbocycles. The molecule has 2 aromatic rings. The molecule has 0 bridgehead atoms. The SMILES string of the molecule is C=CCOc1c(C[N-]c2nn[nH]n2)cccc1OCC. The van der Waals surface area contributed by atoms with Gasteiger partial charge in [-0.15, -0.1) is 5.21 Å². The monoisotopic (exact) mass is 274 g/mol. The molecule has 0 radical (unpaired) electrons. The molecule has 1 aromatic heterocycles. The normalized spacial score (nSPS) is 10.1. The molecule has 2 rings (SSSR count). The maximum Gasteiger partial charge on any atom is 0.165 e. The second-order valence-electron chi connectivity index (χ2n) is 3.81. The van der Waals surface area contributed by atoms with Crippen LogP contribution in [0.15, 0.2) is 30.9 Å². The quantitative estimate of drug-likeness (QED) is 0.747. The van der Waals surface area contributed by atoms with E-state index in [1.165, 1.54) is 0 Å². The van der Waals surface area contributed by atoms with E-state index in [-0.39, 0.29) is 0 Å². The number of nitrogens with one attached hydrogen (secondary N) is 1. The van der Waals surface area contributed by atoms with Crippen LogP contribution < -0.4 is 9.47 Å². The Bertz CT molecular complexity index is 542. The molecule has 1 N–H and O–H groups in total. The lowest BCUT2D eigenvalue weighted by atomic mass is 10.2. The first-order chi connectivity index (χ1) is 9.85. The molecule has 20 heavy (non-hydrogen) atoms. The molecule has 0 saturated heterocycles. The van der Waals surface area contributed by atoms with Crippen LogP contribution in [0.2, 0.25) is 0 Å². The van der Waals surface area contributed by atoms with E-state index in [0.29, 0.717) is 37.2 Å². The summed E-state index contributed by atoms with van der Waals surface area (Å²) in [6, 6.07) is 5.68. The predicted molar refractivity (Wildman–Crippen MR) is 74.2 cm³/mol. The first-order valence-electron chi connectivity index (χ1n) is 6.24. The van der Waals surface area contributed by atoms with Crippen molar-refractivity contribution in [3.8, 4) is 11.5 Å². The zero-order valence-electron chi connectivity index (χ0n) is 11.2. The van der Waals surface area contributed by atoms with Gasteiger partial charge in [-0.05, 0) is 13.0 Å². The first-order valence-corrected chi connectivity index (χ1v) is 6.24. The topological polar surface area (TPSA) is 87.0 Å². The fourth-order valence-electron chi connectivity index (χ4n) is 1.64. The highest BCUT2D eigenvalue weighted by atomic mass is 16.5. The first kappa shape index (κ1) is 13.9. The zero-order valence-corrected chi connectivity index (χ0v) is 11.2. The number of H-pyrrole nitrogens is 1. The van der Waals surface area contributed by atoms with Gasteiger partial charge >= 0.3 is 0 Å². The molecule has 0 saturated carbocycles. The van der Waals surface area contributed by atoms with Gasteiger partial charge in [0.15, 0.2) is 11.5 Å². The maximum absolute atomic E-state index is 5.67. The van der Waals surface area contributed by atoms with Crippen LogP contribution in [0.3, 0.4) is 0 Å². The number of hydrogen-bond donors (Lipinski definition) is 1. The van der Waals surface area contributed by atoms with Crippen LogP contribution in [0.5, 0.6) is 11.5 Å². The van der Waals surface area contributed by atoms with Crippen molar-refractivity contribution in [2.24, 2.45) is 0 Å². The van der Waals surface area contributed by atoms with Gasteiger partial charge in [0.1, 0.15) is 6.61 Å². The highest BCUT2D eigenvalue weighted by Crippen LogP contribution is 2.33. The lowest BCUT2D eigenvalue weighted by molar-refractivity contribution is 0.295. The number of hydrogen-bond acceptors (Lipinski definition) is 5. The number of para-hydroxylation sites is 1. The molecule has 7 heteroatoms. The van der Waals surface area contributed by atoms with Crippen molar-refractivity contribution < 1.29 is 9.47 Å². The Morgan fingerprint density at radius 1 is 1.40 bits per heavy atom. The van der Waals surface area contributed by atoms with Gasteiger partial charge in [0.05, 0.1) is 12.6 Å². The van der Waals surface area contributed by atoms with Crippen LogP contribution >= 0.6 is 0 Å². The van der Waals surface area contributed by atoms with Crippen LogP contribution in [0.25, 0.3) is 5.32 Å². The highest BCUT2D eigenvalue weighted by molar-refractivity contribution is 5.48. The van der Waals surface area contributed by atoms with Crippen LogP contribution in [0.1, 0.15) is 12.5 Å². The van der Waals surface area contributed by atoms with Crippen molar-refractivity contribution in [1.82, 2.24) is 20.6 Å². The number of aromatic nitrogens is 4. The molecule has 0 aliphatic rings. The minimum atomic E-state index is 0.307. The van der Waals surface area contributed by atoms with Crippen LogP contribution in [-0.2, 0) is 6.54 Å². The summed E-state index contributed by atoms with van der Waals surface area (Å²) in [7, 11) is 0. The summed E-state index contributed by atoms with van der Waals surface area (Å²) in [4.78, 5) is 0. The van der Waals surface area contributed by atoms with E-state index in [0.717, 1.165) is 5.56 Å². The smallest absolute Gasteiger partial charge is 0.165 e. The van der Waals surface area contributed by atoms with Crippen molar-refractivity contribution in [2.75, 3.05) is 13.2 Å². The van der Waals surface area contributed by atoms with E-state index < -0.39 is 0 Å². The van der Waals surface area contributed by atoms with Crippen molar-refractivity contribution in [3.05, 3.63) is 41.7 Å². The number of tetrazole rings is 1. The third kappa shape index (κ3) is 3.47. The van der Waals surface area contributed by atoms with Gasteiger partial charge in [-0.1, -0.05) is 24.8 Å². The average Bonchev–Trinajstić information content (AvgIpc) is 2.97. The maximum atomic E-state index is 5.67. The summed E-state index contributed by atoms with van der Waals surface area (Å²) in [6.45, 7) is 6.92. The van der Waals surface area contributed by atoms with Crippen molar-refractivity contribution in [3.63, 3.8) is 0 Å². The third-order valence-electron chi connectivity index (χ3n) is 2.43. The Morgan fingerprint density at radius 2 is 2.30 bits per heavy atom. The third-order valence-corrected chi connectivity index (χ3v) is 2.43. The fourth-order valence-corrected chi connectivity index (χ4v) is 1.64. The molecular weight excluding hydrogens is 258 g/mol. The molecule has 106 valence electrons. The summed E-state index contributed by atoms with van der Waals surface area (Å²) in [6.07, 6.45) is 1.68. The second kappa shape index (κ2) is 7.13. The fraction of sp³-hybridized carbons (Fsp3) is 0.308. The highest BCUT2D eigenvalue weighted by Gasteiger charge is 2.09. The van der Waals surface area contributed by atoms with Gasteiger partial charge in [0.2, 0.25) is 0 Å². The predicted octanol–water partition coefficient (Wildman–Crippen LogP) is 2.37. The van der Waals surface area contributed by atoms with Gasteiger partial charge in [-0.25, -0.2) is 0 Å². The van der Waals surface area contributed by atoms with Gasteiger partial charge in [0.25, 0.3) is 0 Å². The van der Waals surface area contributed by atoms with Gasteiger partial charge in [-0.3, -0.25) is 15.4 Å². The standard InChI is InChI=1S/C13H16N5O2/c1-3-8-20-12-10(6-5-7-11(12)19-4-2)9-14-13-15-17-18-16-13/h3,5-7H,1,4,8-9H2,2H3,(H-,14,15,16,17,18)/q-1. The second-order valence-corrected chi connectivity index (χ2v) is 3.81. The zero-order chi connectivity index (χ0) is 14.2. The van der Waals surface area contributed by atoms with Crippen molar-refractivity contribution in [1.29, 1.82) is 0 Å². The molecule has 1 heterocycles. The molecule has 0 spiro atoms. The average molecular weight is 274 g/mol. The molecule has 0 fully saturated rings. The van der Waals surface area contributed by atoms with Crippen molar-refractivity contribution in [2.45, 2.75) is 13.5 Å². The molecule has 0 unspecified atom stereocenters. The Balaban J connectivity index is 2.16. The molecule has 0 amide bonds. The number of nitrogens with zero attached hydrogens (tertiary/aromatic N) is 4. The molecule has 0 aliphatic carbocycles. The number of benzene rings is 1. The van der Waals surface area contributed by atoms with E-state index in [9.17, 15) is 0 Å². The van der Waals surface area contributed by atoms with E-state index in [1.54, 1.807) is 6.08 Å². The Hall–Kier alpha value is -2.57. The minimum Gasteiger partial charge on any atom is -0.490 e. The summed E-state index contributed by atoms with van der Waals surface area (Å²) in [5.41, 5.74) is 0.891. The lowest BCUT2D eigenvalue weighted by Gasteiger charge is -2.16. The van der Waals surface area contributed by atoms with Gasteiger partial charge in [-0.2, -0.15) is 0 Å². The number of ether oxygens (including phenoxy) is 2. The summed E-state index contributed by atoms with van der Waals surface area (Å²) in [5, 5.41) is 17.6. The van der Waals surface area contributed by atoms with E-state index in [1.807, 2.05) is 25.1 Å². The molecular formula is C13H16N5O2-. The Labute approximate surface area is 117 Å². The van der Waals surface area contributed by atoms with Gasteiger partial charge in [0, 0.05) is 12.1 Å². The Kier molecular flexibility index (Phi) is 4.94. The van der Waals surface area contributed by atoms with Crippen LogP contribution in [0.4, 0.5) is 5.95 Å². The van der Waals surface area contributed by atoms with E-state index >= 15 is 0 Å². The van der Waals surface area contributed by atoms with E-state index in [2.05, 4.69) is 32.5 Å².